The van der Waals surface area contributed by atoms with Gasteiger partial charge >= 0.3 is 0 Å². The first-order chi connectivity index (χ1) is 9.24. The Morgan fingerprint density at radius 3 is 2.37 bits per heavy atom. The number of rotatable bonds is 6. The minimum atomic E-state index is 0.265. The number of hydrogen-bond acceptors (Lipinski definition) is 2. The molecule has 0 amide bonds. The van der Waals surface area contributed by atoms with Gasteiger partial charge in [0.25, 0.3) is 0 Å². The summed E-state index contributed by atoms with van der Waals surface area (Å²) >= 11 is 1.60. The Bertz CT molecular complexity index is 537. The molecule has 0 aliphatic carbocycles. The van der Waals surface area contributed by atoms with Crippen LogP contribution in [0.3, 0.4) is 0 Å². The van der Waals surface area contributed by atoms with Gasteiger partial charge in [-0.15, -0.1) is 11.3 Å². The molecular formula is C17H20OS. The largest absolute Gasteiger partial charge is 0.293 e. The van der Waals surface area contributed by atoms with E-state index < -0.39 is 0 Å². The summed E-state index contributed by atoms with van der Waals surface area (Å²) in [6.07, 6.45) is 3.87. The number of thiophene rings is 1. The molecule has 2 rings (SSSR count). The second-order valence-corrected chi connectivity index (χ2v) is 5.87. The van der Waals surface area contributed by atoms with Crippen LogP contribution < -0.4 is 0 Å². The van der Waals surface area contributed by atoms with Crippen molar-refractivity contribution in [1.29, 1.82) is 0 Å². The summed E-state index contributed by atoms with van der Waals surface area (Å²) in [4.78, 5) is 13.9. The highest BCUT2D eigenvalue weighted by molar-refractivity contribution is 7.17. The molecular weight excluding hydrogens is 252 g/mol. The maximum atomic E-state index is 11.8. The summed E-state index contributed by atoms with van der Waals surface area (Å²) in [7, 11) is 0. The molecule has 0 atom stereocenters. The van der Waals surface area contributed by atoms with Gasteiger partial charge in [0.15, 0.2) is 5.78 Å². The van der Waals surface area contributed by atoms with Crippen molar-refractivity contribution in [1.82, 2.24) is 0 Å². The van der Waals surface area contributed by atoms with E-state index in [1.807, 2.05) is 13.0 Å². The van der Waals surface area contributed by atoms with Gasteiger partial charge in [-0.25, -0.2) is 0 Å². The number of Topliss-reactive ketones (excluding diaryl/α,β-unsaturated/α-hetero) is 1. The lowest BCUT2D eigenvalue weighted by Gasteiger charge is -2.01. The van der Waals surface area contributed by atoms with E-state index in [9.17, 15) is 4.79 Å². The summed E-state index contributed by atoms with van der Waals surface area (Å²) < 4.78 is 0. The fraction of sp³-hybridized carbons (Fsp3) is 0.353. The van der Waals surface area contributed by atoms with Crippen LogP contribution in [0.15, 0.2) is 36.4 Å². The number of aryl methyl sites for hydroxylation is 1. The molecule has 0 spiro atoms. The summed E-state index contributed by atoms with van der Waals surface area (Å²) in [6.45, 7) is 4.23. The van der Waals surface area contributed by atoms with E-state index in [4.69, 9.17) is 0 Å². The maximum absolute atomic E-state index is 11.8. The zero-order chi connectivity index (χ0) is 13.7. The Morgan fingerprint density at radius 1 is 1.00 bits per heavy atom. The molecule has 0 aliphatic rings. The van der Waals surface area contributed by atoms with E-state index in [0.29, 0.717) is 6.42 Å². The molecule has 0 aliphatic heterocycles. The second-order valence-electron chi connectivity index (χ2n) is 4.78. The first-order valence-electron chi connectivity index (χ1n) is 6.97. The molecule has 1 aromatic heterocycles. The van der Waals surface area contributed by atoms with Crippen molar-refractivity contribution in [2.24, 2.45) is 0 Å². The van der Waals surface area contributed by atoms with Crippen LogP contribution >= 0.6 is 11.3 Å². The van der Waals surface area contributed by atoms with E-state index >= 15 is 0 Å². The molecule has 0 fully saturated rings. The lowest BCUT2D eigenvalue weighted by molar-refractivity contribution is 0.0985. The van der Waals surface area contributed by atoms with Crippen molar-refractivity contribution in [2.75, 3.05) is 0 Å². The van der Waals surface area contributed by atoms with Gasteiger partial charge in [0.2, 0.25) is 0 Å². The Labute approximate surface area is 119 Å². The zero-order valence-electron chi connectivity index (χ0n) is 11.6. The van der Waals surface area contributed by atoms with Crippen LogP contribution in [0.4, 0.5) is 0 Å². The minimum Gasteiger partial charge on any atom is -0.293 e. The smallest absolute Gasteiger partial charge is 0.172 e. The number of carbonyl (C=O) groups excluding carboxylic acids is 1. The molecule has 2 aromatic rings. The Kier molecular flexibility index (Phi) is 4.92. The standard InChI is InChI=1S/C17H20OS/c1-3-5-13-7-9-14(10-8-13)16-11-12-17(19-16)15(18)6-4-2/h7-12H,3-6H2,1-2H3. The quantitative estimate of drug-likeness (QED) is 0.648. The number of benzene rings is 1. The molecule has 1 nitrogen and oxygen atoms in total. The summed E-state index contributed by atoms with van der Waals surface area (Å²) in [5, 5.41) is 0. The first-order valence-corrected chi connectivity index (χ1v) is 7.78. The number of hydrogen-bond donors (Lipinski definition) is 0. The molecule has 1 aromatic carbocycles. The Balaban J connectivity index is 2.15. The third kappa shape index (κ3) is 3.54. The molecule has 0 saturated heterocycles. The fourth-order valence-corrected chi connectivity index (χ4v) is 3.10. The highest BCUT2D eigenvalue weighted by Crippen LogP contribution is 2.29. The molecule has 0 bridgehead atoms. The van der Waals surface area contributed by atoms with Gasteiger partial charge in [-0.05, 0) is 36.1 Å². The van der Waals surface area contributed by atoms with Crippen molar-refractivity contribution in [3.05, 3.63) is 46.8 Å². The van der Waals surface area contributed by atoms with Gasteiger partial charge in [-0.3, -0.25) is 4.79 Å². The minimum absolute atomic E-state index is 0.265. The van der Waals surface area contributed by atoms with Gasteiger partial charge in [0, 0.05) is 11.3 Å². The molecule has 0 N–H and O–H groups in total. The van der Waals surface area contributed by atoms with E-state index in [1.165, 1.54) is 22.4 Å². The van der Waals surface area contributed by atoms with E-state index in [2.05, 4.69) is 37.3 Å². The predicted octanol–water partition coefficient (Wildman–Crippen LogP) is 5.35. The SMILES string of the molecule is CCCC(=O)c1ccc(-c2ccc(CCC)cc2)s1. The van der Waals surface area contributed by atoms with Crippen LogP contribution in [0, 0.1) is 0 Å². The third-order valence-corrected chi connectivity index (χ3v) is 4.31. The summed E-state index contributed by atoms with van der Waals surface area (Å²) in [6, 6.07) is 12.7. The van der Waals surface area contributed by atoms with Crippen molar-refractivity contribution in [3.8, 4) is 10.4 Å². The van der Waals surface area contributed by atoms with Crippen molar-refractivity contribution < 1.29 is 4.79 Å². The number of carbonyl (C=O) groups is 1. The fourth-order valence-electron chi connectivity index (χ4n) is 2.12. The van der Waals surface area contributed by atoms with Crippen LogP contribution in [0.2, 0.25) is 0 Å². The molecule has 1 heterocycles. The van der Waals surface area contributed by atoms with E-state index in [-0.39, 0.29) is 5.78 Å². The van der Waals surface area contributed by atoms with Crippen molar-refractivity contribution >= 4 is 17.1 Å². The molecule has 100 valence electrons. The van der Waals surface area contributed by atoms with E-state index in [1.54, 1.807) is 11.3 Å². The van der Waals surface area contributed by atoms with Crippen LogP contribution in [0.5, 0.6) is 0 Å². The Morgan fingerprint density at radius 2 is 1.74 bits per heavy atom. The lowest BCUT2D eigenvalue weighted by atomic mass is 10.1. The van der Waals surface area contributed by atoms with Crippen molar-refractivity contribution in [3.63, 3.8) is 0 Å². The molecule has 19 heavy (non-hydrogen) atoms. The molecule has 2 heteroatoms. The average Bonchev–Trinajstić information content (AvgIpc) is 2.90. The predicted molar refractivity (Wildman–Crippen MR) is 83.0 cm³/mol. The summed E-state index contributed by atoms with van der Waals surface area (Å²) in [5.74, 6) is 0.265. The normalized spacial score (nSPS) is 10.6. The zero-order valence-corrected chi connectivity index (χ0v) is 12.4. The van der Waals surface area contributed by atoms with E-state index in [0.717, 1.165) is 17.7 Å². The first kappa shape index (κ1) is 14.0. The van der Waals surface area contributed by atoms with Crippen LogP contribution in [-0.4, -0.2) is 5.78 Å². The van der Waals surface area contributed by atoms with Crippen LogP contribution in [0.25, 0.3) is 10.4 Å². The average molecular weight is 272 g/mol. The molecule has 0 saturated carbocycles. The monoisotopic (exact) mass is 272 g/mol. The lowest BCUT2D eigenvalue weighted by Crippen LogP contribution is -1.93. The number of ketones is 1. The summed E-state index contributed by atoms with van der Waals surface area (Å²) in [5.41, 5.74) is 2.59. The molecule has 0 unspecified atom stereocenters. The third-order valence-electron chi connectivity index (χ3n) is 3.14. The Hall–Kier alpha value is -1.41. The van der Waals surface area contributed by atoms with Gasteiger partial charge in [-0.1, -0.05) is 44.5 Å². The highest BCUT2D eigenvalue weighted by Gasteiger charge is 2.09. The van der Waals surface area contributed by atoms with Crippen LogP contribution in [0.1, 0.15) is 48.3 Å². The topological polar surface area (TPSA) is 17.1 Å². The van der Waals surface area contributed by atoms with Gasteiger partial charge < -0.3 is 0 Å². The highest BCUT2D eigenvalue weighted by atomic mass is 32.1. The second kappa shape index (κ2) is 6.67. The van der Waals surface area contributed by atoms with Crippen LogP contribution in [-0.2, 0) is 6.42 Å². The van der Waals surface area contributed by atoms with Gasteiger partial charge in [0.1, 0.15) is 0 Å². The maximum Gasteiger partial charge on any atom is 0.172 e. The van der Waals surface area contributed by atoms with Gasteiger partial charge in [0.05, 0.1) is 4.88 Å². The van der Waals surface area contributed by atoms with Crippen molar-refractivity contribution in [2.45, 2.75) is 39.5 Å². The molecule has 0 radical (unpaired) electrons. The van der Waals surface area contributed by atoms with Gasteiger partial charge in [-0.2, -0.15) is 0 Å².